The molecule has 0 atom stereocenters. The second-order valence-electron chi connectivity index (χ2n) is 5.00. The SMILES string of the molecule is Cc1cc(-c2cccc(-c3cc(C)n(C)n3)n2)nn1C. The molecule has 0 aliphatic carbocycles. The summed E-state index contributed by atoms with van der Waals surface area (Å²) in [6.07, 6.45) is 0. The lowest BCUT2D eigenvalue weighted by Crippen LogP contribution is -1.94. The quantitative estimate of drug-likeness (QED) is 0.716. The topological polar surface area (TPSA) is 48.5 Å². The van der Waals surface area contributed by atoms with E-state index in [4.69, 9.17) is 0 Å². The molecule has 20 heavy (non-hydrogen) atoms. The Labute approximate surface area is 117 Å². The molecule has 0 radical (unpaired) electrons. The Morgan fingerprint density at radius 1 is 0.750 bits per heavy atom. The molecule has 102 valence electrons. The van der Waals surface area contributed by atoms with Gasteiger partial charge in [-0.3, -0.25) is 9.36 Å². The summed E-state index contributed by atoms with van der Waals surface area (Å²) in [5.74, 6) is 0. The fraction of sp³-hybridized carbons (Fsp3) is 0.267. The number of pyridine rings is 1. The zero-order valence-electron chi connectivity index (χ0n) is 12.1. The first kappa shape index (κ1) is 12.6. The van der Waals surface area contributed by atoms with Crippen LogP contribution in [-0.2, 0) is 14.1 Å². The van der Waals surface area contributed by atoms with Crippen molar-refractivity contribution in [2.45, 2.75) is 13.8 Å². The molecule has 5 nitrogen and oxygen atoms in total. The van der Waals surface area contributed by atoms with Crippen molar-refractivity contribution in [2.75, 3.05) is 0 Å². The first-order valence-electron chi connectivity index (χ1n) is 6.53. The smallest absolute Gasteiger partial charge is 0.111 e. The van der Waals surface area contributed by atoms with E-state index in [2.05, 4.69) is 15.2 Å². The third kappa shape index (κ3) is 2.11. The number of aryl methyl sites for hydroxylation is 4. The lowest BCUT2D eigenvalue weighted by Gasteiger charge is -1.99. The van der Waals surface area contributed by atoms with Crippen LogP contribution in [0.1, 0.15) is 11.4 Å². The van der Waals surface area contributed by atoms with Gasteiger partial charge in [-0.25, -0.2) is 4.98 Å². The number of nitrogens with zero attached hydrogens (tertiary/aromatic N) is 5. The van der Waals surface area contributed by atoms with Gasteiger partial charge in [0.2, 0.25) is 0 Å². The summed E-state index contributed by atoms with van der Waals surface area (Å²) in [5.41, 5.74) is 5.74. The summed E-state index contributed by atoms with van der Waals surface area (Å²) in [5, 5.41) is 8.93. The van der Waals surface area contributed by atoms with Crippen molar-refractivity contribution in [2.24, 2.45) is 14.1 Å². The third-order valence-corrected chi connectivity index (χ3v) is 3.50. The molecule has 3 heterocycles. The average molecular weight is 267 g/mol. The summed E-state index contributed by atoms with van der Waals surface area (Å²) in [6, 6.07) is 10.0. The maximum Gasteiger partial charge on any atom is 0.111 e. The second kappa shape index (κ2) is 4.59. The predicted octanol–water partition coefficient (Wildman–Crippen LogP) is 2.50. The lowest BCUT2D eigenvalue weighted by atomic mass is 10.2. The molecular weight excluding hydrogens is 250 g/mol. The van der Waals surface area contributed by atoms with E-state index < -0.39 is 0 Å². The molecule has 0 N–H and O–H groups in total. The molecule has 0 aliphatic heterocycles. The van der Waals surface area contributed by atoms with Crippen LogP contribution in [0.3, 0.4) is 0 Å². The van der Waals surface area contributed by atoms with E-state index >= 15 is 0 Å². The van der Waals surface area contributed by atoms with E-state index in [0.29, 0.717) is 0 Å². The van der Waals surface area contributed by atoms with Crippen molar-refractivity contribution in [3.8, 4) is 22.8 Å². The van der Waals surface area contributed by atoms with Gasteiger partial charge in [-0.15, -0.1) is 0 Å². The number of hydrogen-bond acceptors (Lipinski definition) is 3. The molecule has 3 rings (SSSR count). The summed E-state index contributed by atoms with van der Waals surface area (Å²) in [4.78, 5) is 4.67. The maximum atomic E-state index is 4.67. The molecule has 0 saturated heterocycles. The van der Waals surface area contributed by atoms with Crippen LogP contribution < -0.4 is 0 Å². The minimum absolute atomic E-state index is 0.870. The minimum atomic E-state index is 0.870. The second-order valence-corrected chi connectivity index (χ2v) is 5.00. The minimum Gasteiger partial charge on any atom is -0.272 e. The highest BCUT2D eigenvalue weighted by Gasteiger charge is 2.10. The normalized spacial score (nSPS) is 11.0. The van der Waals surface area contributed by atoms with Gasteiger partial charge >= 0.3 is 0 Å². The van der Waals surface area contributed by atoms with Crippen molar-refractivity contribution in [3.63, 3.8) is 0 Å². The Kier molecular flexibility index (Phi) is 2.89. The van der Waals surface area contributed by atoms with Gasteiger partial charge in [0.25, 0.3) is 0 Å². The van der Waals surface area contributed by atoms with Gasteiger partial charge in [0.05, 0.1) is 11.4 Å². The lowest BCUT2D eigenvalue weighted by molar-refractivity contribution is 0.741. The Morgan fingerprint density at radius 3 is 1.55 bits per heavy atom. The zero-order chi connectivity index (χ0) is 14.3. The van der Waals surface area contributed by atoms with Crippen LogP contribution in [-0.4, -0.2) is 24.5 Å². The molecule has 0 bridgehead atoms. The summed E-state index contributed by atoms with van der Waals surface area (Å²) < 4.78 is 3.71. The fourth-order valence-corrected chi connectivity index (χ4v) is 2.09. The fourth-order valence-electron chi connectivity index (χ4n) is 2.09. The van der Waals surface area contributed by atoms with Gasteiger partial charge in [0, 0.05) is 25.5 Å². The van der Waals surface area contributed by atoms with Gasteiger partial charge in [0.15, 0.2) is 0 Å². The maximum absolute atomic E-state index is 4.67. The average Bonchev–Trinajstić information content (AvgIpc) is 2.94. The van der Waals surface area contributed by atoms with Crippen molar-refractivity contribution in [1.29, 1.82) is 0 Å². The highest BCUT2D eigenvalue weighted by molar-refractivity contribution is 5.62. The Hall–Kier alpha value is -2.43. The molecule has 0 aliphatic rings. The van der Waals surface area contributed by atoms with E-state index in [1.165, 1.54) is 0 Å². The van der Waals surface area contributed by atoms with Crippen molar-refractivity contribution in [1.82, 2.24) is 24.5 Å². The first-order valence-corrected chi connectivity index (χ1v) is 6.53. The molecule has 3 aromatic heterocycles. The molecule has 0 unspecified atom stereocenters. The van der Waals surface area contributed by atoms with Crippen LogP contribution in [0.25, 0.3) is 22.8 Å². The molecule has 3 aromatic rings. The van der Waals surface area contributed by atoms with Crippen LogP contribution in [0.2, 0.25) is 0 Å². The van der Waals surface area contributed by atoms with E-state index in [1.807, 2.05) is 67.6 Å². The molecule has 5 heteroatoms. The highest BCUT2D eigenvalue weighted by atomic mass is 15.3. The zero-order valence-corrected chi connectivity index (χ0v) is 12.1. The molecular formula is C15H17N5. The van der Waals surface area contributed by atoms with E-state index in [9.17, 15) is 0 Å². The molecule has 0 saturated carbocycles. The van der Waals surface area contributed by atoms with E-state index in [-0.39, 0.29) is 0 Å². The Morgan fingerprint density at radius 2 is 1.20 bits per heavy atom. The van der Waals surface area contributed by atoms with Gasteiger partial charge in [-0.1, -0.05) is 6.07 Å². The summed E-state index contributed by atoms with van der Waals surface area (Å²) >= 11 is 0. The molecule has 0 spiro atoms. The van der Waals surface area contributed by atoms with Crippen LogP contribution in [0.4, 0.5) is 0 Å². The largest absolute Gasteiger partial charge is 0.272 e. The van der Waals surface area contributed by atoms with Crippen molar-refractivity contribution < 1.29 is 0 Å². The number of hydrogen-bond donors (Lipinski definition) is 0. The van der Waals surface area contributed by atoms with Gasteiger partial charge in [0.1, 0.15) is 11.4 Å². The molecule has 0 aromatic carbocycles. The van der Waals surface area contributed by atoms with E-state index in [1.54, 1.807) is 0 Å². The Bertz CT molecular complexity index is 666. The summed E-state index contributed by atoms with van der Waals surface area (Å²) in [7, 11) is 3.87. The number of aromatic nitrogens is 5. The van der Waals surface area contributed by atoms with Crippen molar-refractivity contribution >= 4 is 0 Å². The van der Waals surface area contributed by atoms with Gasteiger partial charge < -0.3 is 0 Å². The van der Waals surface area contributed by atoms with Crippen LogP contribution in [0.15, 0.2) is 30.3 Å². The van der Waals surface area contributed by atoms with Gasteiger partial charge in [-0.05, 0) is 38.1 Å². The molecule has 0 amide bonds. The predicted molar refractivity (Wildman–Crippen MR) is 78.1 cm³/mol. The number of rotatable bonds is 2. The van der Waals surface area contributed by atoms with E-state index in [0.717, 1.165) is 34.2 Å². The van der Waals surface area contributed by atoms with Gasteiger partial charge in [-0.2, -0.15) is 10.2 Å². The Balaban J connectivity index is 2.05. The van der Waals surface area contributed by atoms with Crippen LogP contribution in [0, 0.1) is 13.8 Å². The third-order valence-electron chi connectivity index (χ3n) is 3.50. The van der Waals surface area contributed by atoms with Crippen LogP contribution >= 0.6 is 0 Å². The highest BCUT2D eigenvalue weighted by Crippen LogP contribution is 2.21. The molecule has 0 fully saturated rings. The summed E-state index contributed by atoms with van der Waals surface area (Å²) in [6.45, 7) is 4.06. The van der Waals surface area contributed by atoms with Crippen molar-refractivity contribution in [3.05, 3.63) is 41.7 Å². The van der Waals surface area contributed by atoms with Crippen LogP contribution in [0.5, 0.6) is 0 Å². The standard InChI is InChI=1S/C15H17N5/c1-10-8-14(17-19(10)3)12-6-5-7-13(16-12)15-9-11(2)20(4)18-15/h5-9H,1-4H3. The monoisotopic (exact) mass is 267 g/mol. The first-order chi connectivity index (χ1) is 9.54.